The topological polar surface area (TPSA) is 96.0 Å². The van der Waals surface area contributed by atoms with Gasteiger partial charge in [0.05, 0.1) is 19.1 Å². The standard InChI is InChI=1S/C25H34FN3O5S/c1-7-22(24(31)27-25(2,3)4)28(16-18-8-14-21(34-5)15-9-18)23(30)17-29(35(6,32)33)20-12-10-19(26)11-13-20/h8-15,22H,7,16-17H2,1-6H3,(H,27,31)/t22-/m1/s1. The van der Waals surface area contributed by atoms with E-state index in [1.54, 1.807) is 38.3 Å². The lowest BCUT2D eigenvalue weighted by atomic mass is 10.1. The first-order valence-electron chi connectivity index (χ1n) is 11.2. The van der Waals surface area contributed by atoms with Gasteiger partial charge in [-0.25, -0.2) is 12.8 Å². The monoisotopic (exact) mass is 507 g/mol. The number of carbonyl (C=O) groups is 2. The summed E-state index contributed by atoms with van der Waals surface area (Å²) >= 11 is 0. The number of rotatable bonds is 10. The molecule has 2 amide bonds. The van der Waals surface area contributed by atoms with Gasteiger partial charge in [0.2, 0.25) is 21.8 Å². The zero-order valence-electron chi connectivity index (χ0n) is 21.0. The van der Waals surface area contributed by atoms with E-state index in [9.17, 15) is 22.4 Å². The second-order valence-electron chi connectivity index (χ2n) is 9.28. The Kier molecular flexibility index (Phi) is 9.25. The van der Waals surface area contributed by atoms with E-state index in [1.165, 1.54) is 17.0 Å². The van der Waals surface area contributed by atoms with Crippen LogP contribution in [0.2, 0.25) is 0 Å². The third-order valence-electron chi connectivity index (χ3n) is 5.19. The van der Waals surface area contributed by atoms with Crippen molar-refractivity contribution >= 4 is 27.5 Å². The molecule has 0 unspecified atom stereocenters. The highest BCUT2D eigenvalue weighted by Crippen LogP contribution is 2.21. The molecule has 0 aliphatic rings. The van der Waals surface area contributed by atoms with Crippen molar-refractivity contribution < 1.29 is 27.1 Å². The van der Waals surface area contributed by atoms with Gasteiger partial charge < -0.3 is 15.0 Å². The van der Waals surface area contributed by atoms with E-state index in [4.69, 9.17) is 4.74 Å². The van der Waals surface area contributed by atoms with Gasteiger partial charge in [0, 0.05) is 12.1 Å². The Morgan fingerprint density at radius 1 is 1.06 bits per heavy atom. The van der Waals surface area contributed by atoms with Crippen LogP contribution in [0, 0.1) is 5.82 Å². The zero-order chi connectivity index (χ0) is 26.4. The predicted molar refractivity (Wildman–Crippen MR) is 134 cm³/mol. The molecular formula is C25H34FN3O5S. The third kappa shape index (κ3) is 8.24. The van der Waals surface area contributed by atoms with Crippen molar-refractivity contribution in [2.75, 3.05) is 24.2 Å². The van der Waals surface area contributed by atoms with Gasteiger partial charge in [-0.3, -0.25) is 13.9 Å². The largest absolute Gasteiger partial charge is 0.497 e. The highest BCUT2D eigenvalue weighted by Gasteiger charge is 2.33. The Morgan fingerprint density at radius 3 is 2.09 bits per heavy atom. The zero-order valence-corrected chi connectivity index (χ0v) is 21.9. The molecule has 0 aromatic heterocycles. The Hall–Kier alpha value is -3.14. The normalized spacial score (nSPS) is 12.5. The van der Waals surface area contributed by atoms with Crippen LogP contribution in [0.4, 0.5) is 10.1 Å². The molecule has 0 saturated heterocycles. The minimum absolute atomic E-state index is 0.0833. The van der Waals surface area contributed by atoms with E-state index in [0.717, 1.165) is 28.3 Å². The fourth-order valence-corrected chi connectivity index (χ4v) is 4.37. The van der Waals surface area contributed by atoms with Crippen LogP contribution < -0.4 is 14.4 Å². The van der Waals surface area contributed by atoms with Crippen LogP contribution in [-0.4, -0.2) is 56.6 Å². The summed E-state index contributed by atoms with van der Waals surface area (Å²) in [5.41, 5.74) is 0.374. The fraction of sp³-hybridized carbons (Fsp3) is 0.440. The van der Waals surface area contributed by atoms with Gasteiger partial charge in [0.1, 0.15) is 24.2 Å². The second kappa shape index (κ2) is 11.5. The Labute approximate surface area is 207 Å². The maximum Gasteiger partial charge on any atom is 0.244 e. The molecule has 0 spiro atoms. The van der Waals surface area contributed by atoms with Gasteiger partial charge in [0.15, 0.2) is 0 Å². The van der Waals surface area contributed by atoms with E-state index < -0.39 is 39.9 Å². The number of anilines is 1. The predicted octanol–water partition coefficient (Wildman–Crippen LogP) is 3.32. The molecule has 35 heavy (non-hydrogen) atoms. The number of hydrogen-bond donors (Lipinski definition) is 1. The molecule has 0 aliphatic carbocycles. The average Bonchev–Trinajstić information content (AvgIpc) is 2.76. The maximum atomic E-state index is 13.6. The maximum absolute atomic E-state index is 13.6. The van der Waals surface area contributed by atoms with Crippen LogP contribution in [0.15, 0.2) is 48.5 Å². The molecule has 1 atom stereocenters. The molecule has 8 nitrogen and oxygen atoms in total. The van der Waals surface area contributed by atoms with E-state index >= 15 is 0 Å². The number of ether oxygens (including phenoxy) is 1. The summed E-state index contributed by atoms with van der Waals surface area (Å²) in [7, 11) is -2.33. The number of benzene rings is 2. The highest BCUT2D eigenvalue weighted by molar-refractivity contribution is 7.92. The van der Waals surface area contributed by atoms with Crippen molar-refractivity contribution in [3.05, 3.63) is 59.9 Å². The van der Waals surface area contributed by atoms with Crippen LogP contribution in [0.1, 0.15) is 39.7 Å². The summed E-state index contributed by atoms with van der Waals surface area (Å²) in [6.07, 6.45) is 1.29. The van der Waals surface area contributed by atoms with Crippen molar-refractivity contribution in [3.8, 4) is 5.75 Å². The highest BCUT2D eigenvalue weighted by atomic mass is 32.2. The molecule has 10 heteroatoms. The molecule has 2 rings (SSSR count). The summed E-state index contributed by atoms with van der Waals surface area (Å²) in [5.74, 6) is -0.788. The summed E-state index contributed by atoms with van der Waals surface area (Å²) in [5, 5.41) is 2.90. The smallest absolute Gasteiger partial charge is 0.244 e. The molecule has 192 valence electrons. The second-order valence-corrected chi connectivity index (χ2v) is 11.2. The minimum Gasteiger partial charge on any atom is -0.497 e. The number of nitrogens with one attached hydrogen (secondary N) is 1. The van der Waals surface area contributed by atoms with Gasteiger partial charge in [-0.05, 0) is 69.2 Å². The lowest BCUT2D eigenvalue weighted by Gasteiger charge is -2.34. The third-order valence-corrected chi connectivity index (χ3v) is 6.33. The Morgan fingerprint density at radius 2 is 1.63 bits per heavy atom. The number of nitrogens with zero attached hydrogens (tertiary/aromatic N) is 2. The minimum atomic E-state index is -3.88. The number of carbonyl (C=O) groups excluding carboxylic acids is 2. The van der Waals surface area contributed by atoms with Crippen LogP contribution in [-0.2, 0) is 26.2 Å². The molecular weight excluding hydrogens is 473 g/mol. The first kappa shape index (κ1) is 28.1. The van der Waals surface area contributed by atoms with Gasteiger partial charge in [-0.2, -0.15) is 0 Å². The lowest BCUT2D eigenvalue weighted by molar-refractivity contribution is -0.141. The van der Waals surface area contributed by atoms with Crippen molar-refractivity contribution in [2.24, 2.45) is 0 Å². The van der Waals surface area contributed by atoms with E-state index in [-0.39, 0.29) is 18.1 Å². The molecule has 2 aromatic carbocycles. The fourth-order valence-electron chi connectivity index (χ4n) is 3.52. The van der Waals surface area contributed by atoms with Crippen LogP contribution in [0.3, 0.4) is 0 Å². The number of sulfonamides is 1. The van der Waals surface area contributed by atoms with E-state index in [1.807, 2.05) is 20.8 Å². The molecule has 1 N–H and O–H groups in total. The SMILES string of the molecule is CC[C@H](C(=O)NC(C)(C)C)N(Cc1ccc(OC)cc1)C(=O)CN(c1ccc(F)cc1)S(C)(=O)=O. The molecule has 0 heterocycles. The van der Waals surface area contributed by atoms with E-state index in [2.05, 4.69) is 5.32 Å². The first-order valence-corrected chi connectivity index (χ1v) is 13.1. The first-order chi connectivity index (χ1) is 16.2. The van der Waals surface area contributed by atoms with Crippen molar-refractivity contribution in [3.63, 3.8) is 0 Å². The van der Waals surface area contributed by atoms with Crippen LogP contribution in [0.5, 0.6) is 5.75 Å². The van der Waals surface area contributed by atoms with Crippen molar-refractivity contribution in [1.29, 1.82) is 0 Å². The summed E-state index contributed by atoms with van der Waals surface area (Å²) in [4.78, 5) is 28.1. The van der Waals surface area contributed by atoms with Gasteiger partial charge in [-0.15, -0.1) is 0 Å². The molecule has 0 bridgehead atoms. The number of halogens is 1. The summed E-state index contributed by atoms with van der Waals surface area (Å²) in [6.45, 7) is 6.85. The molecule has 0 saturated carbocycles. The summed E-state index contributed by atoms with van der Waals surface area (Å²) in [6, 6.07) is 11.0. The van der Waals surface area contributed by atoms with E-state index in [0.29, 0.717) is 12.2 Å². The molecule has 0 aliphatic heterocycles. The quantitative estimate of drug-likeness (QED) is 0.532. The van der Waals surface area contributed by atoms with Crippen LogP contribution in [0.25, 0.3) is 0 Å². The van der Waals surface area contributed by atoms with Crippen LogP contribution >= 0.6 is 0 Å². The lowest BCUT2D eigenvalue weighted by Crippen LogP contribution is -2.55. The number of amides is 2. The Balaban J connectivity index is 2.44. The van der Waals surface area contributed by atoms with Gasteiger partial charge >= 0.3 is 0 Å². The van der Waals surface area contributed by atoms with Gasteiger partial charge in [-0.1, -0.05) is 19.1 Å². The van der Waals surface area contributed by atoms with Crippen molar-refractivity contribution in [2.45, 2.75) is 52.2 Å². The average molecular weight is 508 g/mol. The molecule has 0 radical (unpaired) electrons. The number of methoxy groups -OCH3 is 1. The van der Waals surface area contributed by atoms with Crippen molar-refractivity contribution in [1.82, 2.24) is 10.2 Å². The Bertz CT molecular complexity index is 1110. The van der Waals surface area contributed by atoms with Gasteiger partial charge in [0.25, 0.3) is 0 Å². The molecule has 2 aromatic rings. The molecule has 0 fully saturated rings. The summed E-state index contributed by atoms with van der Waals surface area (Å²) < 4.78 is 44.6. The number of hydrogen-bond acceptors (Lipinski definition) is 5.